The summed E-state index contributed by atoms with van der Waals surface area (Å²) in [6.45, 7) is 4.38. The van der Waals surface area contributed by atoms with Crippen molar-refractivity contribution in [3.8, 4) is 0 Å². The van der Waals surface area contributed by atoms with Crippen LogP contribution in [0.15, 0.2) is 17.4 Å². The highest BCUT2D eigenvalue weighted by Crippen LogP contribution is 2.31. The summed E-state index contributed by atoms with van der Waals surface area (Å²) >= 11 is 3.22. The third kappa shape index (κ3) is 4.04. The second kappa shape index (κ2) is 7.62. The normalized spacial score (nSPS) is 21.5. The van der Waals surface area contributed by atoms with Crippen LogP contribution >= 0.6 is 23.1 Å². The average molecular weight is 350 g/mol. The van der Waals surface area contributed by atoms with Crippen LogP contribution in [0.1, 0.15) is 44.4 Å². The Morgan fingerprint density at radius 1 is 1.39 bits per heavy atom. The number of amides is 1. The van der Waals surface area contributed by atoms with Gasteiger partial charge in [0, 0.05) is 16.3 Å². The molecule has 4 nitrogen and oxygen atoms in total. The number of aryl methyl sites for hydroxylation is 1. The van der Waals surface area contributed by atoms with Gasteiger partial charge in [0.05, 0.1) is 5.75 Å². The number of carbonyl (C=O) groups is 1. The van der Waals surface area contributed by atoms with Crippen molar-refractivity contribution in [2.75, 3.05) is 5.75 Å². The SMILES string of the molecule is CCc1cc2c(SCC(=O)N[C@H]3CCCC[C@@H]3C)ncnc2s1. The third-order valence-electron chi connectivity index (χ3n) is 4.49. The number of rotatable bonds is 5. The van der Waals surface area contributed by atoms with Gasteiger partial charge in [0.25, 0.3) is 0 Å². The number of hydrogen-bond acceptors (Lipinski definition) is 5. The van der Waals surface area contributed by atoms with E-state index in [9.17, 15) is 4.79 Å². The lowest BCUT2D eigenvalue weighted by Gasteiger charge is -2.29. The second-order valence-electron chi connectivity index (χ2n) is 6.19. The van der Waals surface area contributed by atoms with Crippen molar-refractivity contribution in [3.63, 3.8) is 0 Å². The van der Waals surface area contributed by atoms with Crippen LogP contribution in [0, 0.1) is 5.92 Å². The summed E-state index contributed by atoms with van der Waals surface area (Å²) in [4.78, 5) is 23.3. The van der Waals surface area contributed by atoms with Crippen molar-refractivity contribution in [1.82, 2.24) is 15.3 Å². The van der Waals surface area contributed by atoms with Crippen molar-refractivity contribution in [3.05, 3.63) is 17.3 Å². The molecule has 1 saturated carbocycles. The van der Waals surface area contributed by atoms with Crippen molar-refractivity contribution in [2.24, 2.45) is 5.92 Å². The third-order valence-corrected chi connectivity index (χ3v) is 6.68. The van der Waals surface area contributed by atoms with E-state index >= 15 is 0 Å². The predicted molar refractivity (Wildman–Crippen MR) is 97.1 cm³/mol. The van der Waals surface area contributed by atoms with E-state index in [1.54, 1.807) is 17.7 Å². The number of nitrogens with zero attached hydrogens (tertiary/aromatic N) is 2. The topological polar surface area (TPSA) is 54.9 Å². The van der Waals surface area contributed by atoms with Crippen molar-refractivity contribution < 1.29 is 4.79 Å². The fourth-order valence-electron chi connectivity index (χ4n) is 3.09. The van der Waals surface area contributed by atoms with Crippen LogP contribution in [0.5, 0.6) is 0 Å². The van der Waals surface area contributed by atoms with Gasteiger partial charge in [0.2, 0.25) is 5.91 Å². The summed E-state index contributed by atoms with van der Waals surface area (Å²) in [7, 11) is 0. The number of thioether (sulfide) groups is 1. The maximum Gasteiger partial charge on any atom is 0.230 e. The molecule has 2 heterocycles. The van der Waals surface area contributed by atoms with Crippen LogP contribution in [-0.4, -0.2) is 27.7 Å². The summed E-state index contributed by atoms with van der Waals surface area (Å²) < 4.78 is 0. The molecule has 1 fully saturated rings. The Morgan fingerprint density at radius 3 is 3.00 bits per heavy atom. The van der Waals surface area contributed by atoms with Crippen LogP contribution in [-0.2, 0) is 11.2 Å². The van der Waals surface area contributed by atoms with Gasteiger partial charge in [-0.25, -0.2) is 9.97 Å². The highest BCUT2D eigenvalue weighted by Gasteiger charge is 2.22. The smallest absolute Gasteiger partial charge is 0.230 e. The molecule has 2 atom stereocenters. The summed E-state index contributed by atoms with van der Waals surface area (Å²) in [5.41, 5.74) is 0. The lowest BCUT2D eigenvalue weighted by atomic mass is 9.86. The van der Waals surface area contributed by atoms with Gasteiger partial charge in [-0.2, -0.15) is 0 Å². The number of aromatic nitrogens is 2. The zero-order valence-electron chi connectivity index (χ0n) is 13.7. The molecule has 1 amide bonds. The van der Waals surface area contributed by atoms with Gasteiger partial charge >= 0.3 is 0 Å². The van der Waals surface area contributed by atoms with Crippen LogP contribution in [0.25, 0.3) is 10.2 Å². The zero-order chi connectivity index (χ0) is 16.2. The molecule has 0 unspecified atom stereocenters. The molecule has 1 N–H and O–H groups in total. The standard InChI is InChI=1S/C17H23N3OS2/c1-3-12-8-13-16(18-10-19-17(13)23-12)22-9-15(21)20-14-7-5-4-6-11(14)2/h8,10-11,14H,3-7,9H2,1-2H3,(H,20,21)/t11-,14-/m0/s1. The second-order valence-corrected chi connectivity index (χ2v) is 8.27. The molecular formula is C17H23N3OS2. The Hall–Kier alpha value is -1.14. The maximum atomic E-state index is 12.3. The van der Waals surface area contributed by atoms with Gasteiger partial charge in [-0.15, -0.1) is 11.3 Å². The van der Waals surface area contributed by atoms with E-state index in [4.69, 9.17) is 0 Å². The van der Waals surface area contributed by atoms with Crippen LogP contribution in [0.3, 0.4) is 0 Å². The van der Waals surface area contributed by atoms with E-state index in [1.807, 2.05) is 0 Å². The fourth-order valence-corrected chi connectivity index (χ4v) is 4.87. The Balaban J connectivity index is 1.61. The first-order chi connectivity index (χ1) is 11.2. The fraction of sp³-hybridized carbons (Fsp3) is 0.588. The number of hydrogen-bond donors (Lipinski definition) is 1. The molecule has 2 aromatic rings. The molecule has 1 aliphatic rings. The molecular weight excluding hydrogens is 326 g/mol. The van der Waals surface area contributed by atoms with Gasteiger partial charge in [-0.1, -0.05) is 38.5 Å². The molecule has 0 saturated heterocycles. The number of thiophene rings is 1. The average Bonchev–Trinajstić information content (AvgIpc) is 2.99. The molecule has 0 radical (unpaired) electrons. The number of nitrogens with one attached hydrogen (secondary N) is 1. The van der Waals surface area contributed by atoms with Gasteiger partial charge in [-0.05, 0) is 31.2 Å². The van der Waals surface area contributed by atoms with E-state index in [0.29, 0.717) is 17.7 Å². The van der Waals surface area contributed by atoms with Crippen LogP contribution in [0.4, 0.5) is 0 Å². The first kappa shape index (κ1) is 16.7. The van der Waals surface area contributed by atoms with E-state index < -0.39 is 0 Å². The first-order valence-corrected chi connectivity index (χ1v) is 10.1. The van der Waals surface area contributed by atoms with Crippen molar-refractivity contribution in [2.45, 2.75) is 57.0 Å². The molecule has 2 aromatic heterocycles. The lowest BCUT2D eigenvalue weighted by molar-refractivity contribution is -0.119. The van der Waals surface area contributed by atoms with E-state index in [2.05, 4.69) is 35.2 Å². The molecule has 3 rings (SSSR count). The van der Waals surface area contributed by atoms with Gasteiger partial charge < -0.3 is 5.32 Å². The molecule has 6 heteroatoms. The first-order valence-electron chi connectivity index (χ1n) is 8.33. The molecule has 124 valence electrons. The highest BCUT2D eigenvalue weighted by molar-refractivity contribution is 8.00. The predicted octanol–water partition coefficient (Wildman–Crippen LogP) is 4.04. The summed E-state index contributed by atoms with van der Waals surface area (Å²) in [5.74, 6) is 1.13. The van der Waals surface area contributed by atoms with Gasteiger partial charge in [0.15, 0.2) is 0 Å². The van der Waals surface area contributed by atoms with Crippen molar-refractivity contribution >= 4 is 39.2 Å². The van der Waals surface area contributed by atoms with E-state index in [0.717, 1.165) is 28.1 Å². The van der Waals surface area contributed by atoms with Crippen molar-refractivity contribution in [1.29, 1.82) is 0 Å². The molecule has 0 aromatic carbocycles. The maximum absolute atomic E-state index is 12.3. The summed E-state index contributed by atoms with van der Waals surface area (Å²) in [6.07, 6.45) is 7.45. The minimum atomic E-state index is 0.117. The Morgan fingerprint density at radius 2 is 2.22 bits per heavy atom. The Bertz CT molecular complexity index is 686. The Labute approximate surface area is 145 Å². The number of carbonyl (C=O) groups excluding carboxylic acids is 1. The molecule has 0 spiro atoms. The molecule has 23 heavy (non-hydrogen) atoms. The monoisotopic (exact) mass is 349 g/mol. The Kier molecular flexibility index (Phi) is 5.54. The van der Waals surface area contributed by atoms with E-state index in [1.165, 1.54) is 35.9 Å². The minimum absolute atomic E-state index is 0.117. The number of fused-ring (bicyclic) bond motifs is 1. The minimum Gasteiger partial charge on any atom is -0.352 e. The largest absolute Gasteiger partial charge is 0.352 e. The molecule has 1 aliphatic carbocycles. The summed E-state index contributed by atoms with van der Waals surface area (Å²) in [5, 5.41) is 5.20. The van der Waals surface area contributed by atoms with Crippen LogP contribution < -0.4 is 5.32 Å². The quantitative estimate of drug-likeness (QED) is 0.654. The van der Waals surface area contributed by atoms with Gasteiger partial charge in [0.1, 0.15) is 16.2 Å². The lowest BCUT2D eigenvalue weighted by Crippen LogP contribution is -2.41. The summed E-state index contributed by atoms with van der Waals surface area (Å²) in [6, 6.07) is 2.50. The van der Waals surface area contributed by atoms with Crippen LogP contribution in [0.2, 0.25) is 0 Å². The highest BCUT2D eigenvalue weighted by atomic mass is 32.2. The zero-order valence-corrected chi connectivity index (χ0v) is 15.3. The molecule has 0 bridgehead atoms. The molecule has 0 aliphatic heterocycles. The van der Waals surface area contributed by atoms with E-state index in [-0.39, 0.29) is 5.91 Å². The van der Waals surface area contributed by atoms with Gasteiger partial charge in [-0.3, -0.25) is 4.79 Å².